The van der Waals surface area contributed by atoms with Crippen LogP contribution in [0.15, 0.2) is 29.3 Å². The zero-order valence-electron chi connectivity index (χ0n) is 15.7. The molecule has 1 aromatic rings. The number of nitrogens with zero attached hydrogens (tertiary/aromatic N) is 2. The van der Waals surface area contributed by atoms with E-state index in [1.54, 1.807) is 7.11 Å². The molecule has 138 valence electrons. The Kier molecular flexibility index (Phi) is 6.05. The molecule has 1 aliphatic carbocycles. The summed E-state index contributed by atoms with van der Waals surface area (Å²) in [6.45, 7) is 5.07. The number of fused-ring (bicyclic) bond motifs is 1. The van der Waals surface area contributed by atoms with Crippen molar-refractivity contribution in [2.24, 2.45) is 16.8 Å². The van der Waals surface area contributed by atoms with Gasteiger partial charge in [-0.15, -0.1) is 0 Å². The Labute approximate surface area is 151 Å². The summed E-state index contributed by atoms with van der Waals surface area (Å²) in [6.07, 6.45) is 5.57. The molecule has 2 aliphatic rings. The molecule has 1 saturated carbocycles. The number of aliphatic imine (C=N–C) groups is 1. The summed E-state index contributed by atoms with van der Waals surface area (Å²) in [4.78, 5) is 6.92. The lowest BCUT2D eigenvalue weighted by molar-refractivity contribution is 0.212. The van der Waals surface area contributed by atoms with E-state index in [4.69, 9.17) is 9.47 Å². The van der Waals surface area contributed by atoms with Crippen molar-refractivity contribution >= 4 is 5.96 Å². The first-order valence-electron chi connectivity index (χ1n) is 9.46. The summed E-state index contributed by atoms with van der Waals surface area (Å²) < 4.78 is 11.4. The maximum atomic E-state index is 6.03. The molecule has 1 heterocycles. The van der Waals surface area contributed by atoms with E-state index in [9.17, 15) is 0 Å². The molecule has 5 nitrogen and oxygen atoms in total. The lowest BCUT2D eigenvalue weighted by Gasteiger charge is -2.24. The Balaban J connectivity index is 1.51. The van der Waals surface area contributed by atoms with Gasteiger partial charge in [0.05, 0.1) is 13.7 Å². The zero-order valence-corrected chi connectivity index (χ0v) is 15.7. The average Bonchev–Trinajstić information content (AvgIpc) is 3.06. The van der Waals surface area contributed by atoms with E-state index in [-0.39, 0.29) is 6.10 Å². The molecule has 25 heavy (non-hydrogen) atoms. The predicted molar refractivity (Wildman–Crippen MR) is 101 cm³/mol. The van der Waals surface area contributed by atoms with Gasteiger partial charge in [0.2, 0.25) is 0 Å². The predicted octanol–water partition coefficient (Wildman–Crippen LogP) is 3.16. The Morgan fingerprint density at radius 2 is 1.84 bits per heavy atom. The van der Waals surface area contributed by atoms with Crippen LogP contribution in [0.4, 0.5) is 0 Å². The third-order valence-electron chi connectivity index (χ3n) is 5.43. The van der Waals surface area contributed by atoms with Crippen LogP contribution in [-0.2, 0) is 0 Å². The molecule has 0 aromatic heterocycles. The van der Waals surface area contributed by atoms with Crippen LogP contribution < -0.4 is 14.8 Å². The van der Waals surface area contributed by atoms with Gasteiger partial charge in [-0.2, -0.15) is 0 Å². The van der Waals surface area contributed by atoms with Gasteiger partial charge in [0.1, 0.15) is 6.10 Å². The molecule has 0 amide bonds. The topological polar surface area (TPSA) is 46.1 Å². The Hall–Kier alpha value is -1.91. The summed E-state index contributed by atoms with van der Waals surface area (Å²) in [5, 5.41) is 3.49. The molecule has 1 saturated heterocycles. The SMILES string of the molecule is CN=C(NCC(C)Oc1ccccc1OC)N1CC2CCCCC2C1. The van der Waals surface area contributed by atoms with Crippen molar-refractivity contribution in [1.82, 2.24) is 10.2 Å². The van der Waals surface area contributed by atoms with Gasteiger partial charge < -0.3 is 19.7 Å². The highest BCUT2D eigenvalue weighted by Gasteiger charge is 2.35. The fourth-order valence-corrected chi connectivity index (χ4v) is 4.12. The number of hydrogen-bond donors (Lipinski definition) is 1. The number of likely N-dealkylation sites (tertiary alicyclic amines) is 1. The van der Waals surface area contributed by atoms with E-state index < -0.39 is 0 Å². The minimum atomic E-state index is 0.0259. The number of guanidine groups is 1. The average molecular weight is 345 g/mol. The van der Waals surface area contributed by atoms with Crippen LogP contribution in [0.25, 0.3) is 0 Å². The molecular weight excluding hydrogens is 314 g/mol. The second-order valence-corrected chi connectivity index (χ2v) is 7.22. The lowest BCUT2D eigenvalue weighted by Crippen LogP contribution is -2.43. The highest BCUT2D eigenvalue weighted by Crippen LogP contribution is 2.36. The standard InChI is InChI=1S/C20H31N3O2/c1-15(25-19-11-7-6-10-18(19)24-3)12-22-20(21-2)23-13-16-8-4-5-9-17(16)14-23/h6-7,10-11,15-17H,4-5,8-9,12-14H2,1-3H3,(H,21,22). The van der Waals surface area contributed by atoms with E-state index in [2.05, 4.69) is 22.1 Å². The van der Waals surface area contributed by atoms with Crippen LogP contribution in [-0.4, -0.2) is 50.8 Å². The summed E-state index contributed by atoms with van der Waals surface area (Å²) >= 11 is 0. The number of methoxy groups -OCH3 is 1. The molecular formula is C20H31N3O2. The van der Waals surface area contributed by atoms with Crippen molar-refractivity contribution in [3.63, 3.8) is 0 Å². The number of ether oxygens (including phenoxy) is 2. The van der Waals surface area contributed by atoms with Gasteiger partial charge >= 0.3 is 0 Å². The van der Waals surface area contributed by atoms with Crippen molar-refractivity contribution in [3.05, 3.63) is 24.3 Å². The molecule has 0 radical (unpaired) electrons. The molecule has 5 heteroatoms. The maximum absolute atomic E-state index is 6.03. The number of para-hydroxylation sites is 2. The highest BCUT2D eigenvalue weighted by molar-refractivity contribution is 5.80. The quantitative estimate of drug-likeness (QED) is 0.658. The van der Waals surface area contributed by atoms with Crippen LogP contribution in [0.3, 0.4) is 0 Å². The molecule has 1 aliphatic heterocycles. The minimum Gasteiger partial charge on any atom is -0.493 e. The number of hydrogen-bond acceptors (Lipinski definition) is 3. The van der Waals surface area contributed by atoms with E-state index in [0.717, 1.165) is 48.9 Å². The fourth-order valence-electron chi connectivity index (χ4n) is 4.12. The van der Waals surface area contributed by atoms with Gasteiger partial charge in [-0.3, -0.25) is 4.99 Å². The van der Waals surface area contributed by atoms with Crippen molar-refractivity contribution in [2.75, 3.05) is 33.8 Å². The van der Waals surface area contributed by atoms with Crippen molar-refractivity contribution in [1.29, 1.82) is 0 Å². The summed E-state index contributed by atoms with van der Waals surface area (Å²) in [7, 11) is 3.54. The lowest BCUT2D eigenvalue weighted by atomic mass is 9.82. The van der Waals surface area contributed by atoms with Crippen LogP contribution in [0.1, 0.15) is 32.6 Å². The molecule has 0 bridgehead atoms. The zero-order chi connectivity index (χ0) is 17.6. The first kappa shape index (κ1) is 17.9. The van der Waals surface area contributed by atoms with Crippen LogP contribution >= 0.6 is 0 Å². The monoisotopic (exact) mass is 345 g/mol. The molecule has 1 aromatic carbocycles. The third kappa shape index (κ3) is 4.39. The van der Waals surface area contributed by atoms with Gasteiger partial charge in [-0.25, -0.2) is 0 Å². The smallest absolute Gasteiger partial charge is 0.193 e. The molecule has 1 N–H and O–H groups in total. The Morgan fingerprint density at radius 1 is 1.20 bits per heavy atom. The second-order valence-electron chi connectivity index (χ2n) is 7.22. The Morgan fingerprint density at radius 3 is 2.44 bits per heavy atom. The molecule has 3 atom stereocenters. The second kappa shape index (κ2) is 8.45. The van der Waals surface area contributed by atoms with Crippen LogP contribution in [0, 0.1) is 11.8 Å². The number of nitrogens with one attached hydrogen (secondary N) is 1. The molecule has 0 spiro atoms. The third-order valence-corrected chi connectivity index (χ3v) is 5.43. The van der Waals surface area contributed by atoms with Crippen molar-refractivity contribution in [2.45, 2.75) is 38.7 Å². The fraction of sp³-hybridized carbons (Fsp3) is 0.650. The summed E-state index contributed by atoms with van der Waals surface area (Å²) in [5.74, 6) is 4.26. The van der Waals surface area contributed by atoms with E-state index >= 15 is 0 Å². The van der Waals surface area contributed by atoms with Crippen molar-refractivity contribution < 1.29 is 9.47 Å². The molecule has 2 fully saturated rings. The number of rotatable bonds is 5. The van der Waals surface area contributed by atoms with Gasteiger partial charge in [0, 0.05) is 20.1 Å². The van der Waals surface area contributed by atoms with Crippen LogP contribution in [0.2, 0.25) is 0 Å². The van der Waals surface area contributed by atoms with E-state index in [1.807, 2.05) is 31.3 Å². The largest absolute Gasteiger partial charge is 0.493 e. The summed E-state index contributed by atoms with van der Waals surface area (Å²) in [6, 6.07) is 7.77. The normalized spacial score (nSPS) is 24.6. The van der Waals surface area contributed by atoms with Gasteiger partial charge in [-0.1, -0.05) is 25.0 Å². The first-order valence-corrected chi connectivity index (χ1v) is 9.46. The summed E-state index contributed by atoms with van der Waals surface area (Å²) in [5.41, 5.74) is 0. The maximum Gasteiger partial charge on any atom is 0.193 e. The molecule has 3 unspecified atom stereocenters. The van der Waals surface area contributed by atoms with E-state index in [0.29, 0.717) is 0 Å². The first-order chi connectivity index (χ1) is 12.2. The van der Waals surface area contributed by atoms with E-state index in [1.165, 1.54) is 25.7 Å². The van der Waals surface area contributed by atoms with Gasteiger partial charge in [-0.05, 0) is 43.7 Å². The Bertz CT molecular complexity index is 576. The highest BCUT2D eigenvalue weighted by atomic mass is 16.5. The molecule has 3 rings (SSSR count). The van der Waals surface area contributed by atoms with Gasteiger partial charge in [0.25, 0.3) is 0 Å². The van der Waals surface area contributed by atoms with Gasteiger partial charge in [0.15, 0.2) is 17.5 Å². The minimum absolute atomic E-state index is 0.0259. The van der Waals surface area contributed by atoms with Crippen LogP contribution in [0.5, 0.6) is 11.5 Å². The number of benzene rings is 1. The van der Waals surface area contributed by atoms with Crippen molar-refractivity contribution in [3.8, 4) is 11.5 Å².